The fraction of sp³-hybridized carbons (Fsp3) is 0.286. The molecule has 0 bridgehead atoms. The van der Waals surface area contributed by atoms with E-state index in [0.717, 1.165) is 4.88 Å². The van der Waals surface area contributed by atoms with E-state index in [1.807, 2.05) is 17.5 Å². The van der Waals surface area contributed by atoms with Crippen molar-refractivity contribution < 1.29 is 13.2 Å². The fourth-order valence-corrected chi connectivity index (χ4v) is 4.15. The number of alkyl halides is 1. The van der Waals surface area contributed by atoms with E-state index in [0.29, 0.717) is 17.9 Å². The Morgan fingerprint density at radius 1 is 1.33 bits per heavy atom. The molecule has 0 fully saturated rings. The lowest BCUT2D eigenvalue weighted by Gasteiger charge is -2.17. The van der Waals surface area contributed by atoms with Crippen LogP contribution in [0.2, 0.25) is 0 Å². The summed E-state index contributed by atoms with van der Waals surface area (Å²) in [6, 6.07) is 8.54. The van der Waals surface area contributed by atoms with Gasteiger partial charge in [0, 0.05) is 24.0 Å². The highest BCUT2D eigenvalue weighted by Gasteiger charge is 2.22. The highest BCUT2D eigenvalue weighted by atomic mass is 35.5. The van der Waals surface area contributed by atoms with Crippen LogP contribution >= 0.6 is 22.9 Å². The normalized spacial score (nSPS) is 11.8. The van der Waals surface area contributed by atoms with Crippen LogP contribution in [0.3, 0.4) is 0 Å². The Balaban J connectivity index is 2.30. The van der Waals surface area contributed by atoms with E-state index in [1.54, 1.807) is 19.2 Å². The number of thiophene rings is 1. The first-order chi connectivity index (χ1) is 9.98. The van der Waals surface area contributed by atoms with Gasteiger partial charge in [-0.05, 0) is 29.6 Å². The lowest BCUT2D eigenvalue weighted by atomic mass is 10.2. The number of nitrogens with zero attached hydrogens (tertiary/aromatic N) is 1. The van der Waals surface area contributed by atoms with Gasteiger partial charge in [0.1, 0.15) is 5.75 Å². The van der Waals surface area contributed by atoms with Crippen LogP contribution in [0, 0.1) is 0 Å². The van der Waals surface area contributed by atoms with E-state index in [9.17, 15) is 8.42 Å². The third kappa shape index (κ3) is 3.58. The van der Waals surface area contributed by atoms with Crippen molar-refractivity contribution in [3.05, 3.63) is 46.2 Å². The minimum atomic E-state index is -3.55. The smallest absolute Gasteiger partial charge is 0.243 e. The Morgan fingerprint density at radius 3 is 2.67 bits per heavy atom. The van der Waals surface area contributed by atoms with Gasteiger partial charge in [-0.3, -0.25) is 0 Å². The maximum absolute atomic E-state index is 12.6. The Kier molecular flexibility index (Phi) is 5.27. The minimum absolute atomic E-state index is 0.196. The van der Waals surface area contributed by atoms with E-state index < -0.39 is 10.0 Å². The first kappa shape index (κ1) is 16.3. The number of benzene rings is 1. The van der Waals surface area contributed by atoms with Crippen LogP contribution in [0.1, 0.15) is 10.4 Å². The molecule has 0 atom stereocenters. The topological polar surface area (TPSA) is 46.6 Å². The quantitative estimate of drug-likeness (QED) is 0.754. The highest BCUT2D eigenvalue weighted by Crippen LogP contribution is 2.26. The summed E-state index contributed by atoms with van der Waals surface area (Å²) >= 11 is 7.37. The maximum Gasteiger partial charge on any atom is 0.243 e. The Bertz CT molecular complexity index is 699. The largest absolute Gasteiger partial charge is 0.496 e. The van der Waals surface area contributed by atoms with Crippen LogP contribution in [0.5, 0.6) is 5.75 Å². The van der Waals surface area contributed by atoms with Gasteiger partial charge >= 0.3 is 0 Å². The average Bonchev–Trinajstić information content (AvgIpc) is 2.99. The zero-order valence-corrected chi connectivity index (χ0v) is 14.1. The molecule has 0 aliphatic heterocycles. The second-order valence-corrected chi connectivity index (χ2v) is 7.79. The third-order valence-electron chi connectivity index (χ3n) is 3.06. The molecule has 0 aliphatic carbocycles. The van der Waals surface area contributed by atoms with Crippen molar-refractivity contribution >= 4 is 33.0 Å². The first-order valence-corrected chi connectivity index (χ1v) is 9.06. The van der Waals surface area contributed by atoms with Gasteiger partial charge in [0.05, 0.1) is 17.9 Å². The van der Waals surface area contributed by atoms with Crippen molar-refractivity contribution in [1.29, 1.82) is 0 Å². The molecule has 7 heteroatoms. The van der Waals surface area contributed by atoms with Gasteiger partial charge in [-0.1, -0.05) is 6.07 Å². The van der Waals surface area contributed by atoms with E-state index in [4.69, 9.17) is 16.3 Å². The number of halogens is 1. The second kappa shape index (κ2) is 6.79. The van der Waals surface area contributed by atoms with Crippen molar-refractivity contribution in [1.82, 2.24) is 4.31 Å². The van der Waals surface area contributed by atoms with E-state index in [2.05, 4.69) is 0 Å². The first-order valence-electron chi connectivity index (χ1n) is 6.20. The Morgan fingerprint density at radius 2 is 2.10 bits per heavy atom. The predicted molar refractivity (Wildman–Crippen MR) is 85.5 cm³/mol. The molecular formula is C14H16ClNO3S2. The summed E-state index contributed by atoms with van der Waals surface area (Å²) in [5.41, 5.74) is 0.657. The van der Waals surface area contributed by atoms with Crippen LogP contribution in [-0.2, 0) is 22.4 Å². The summed E-state index contributed by atoms with van der Waals surface area (Å²) in [7, 11) is -0.448. The molecule has 0 saturated heterocycles. The summed E-state index contributed by atoms with van der Waals surface area (Å²) in [5, 5.41) is 1.93. The van der Waals surface area contributed by atoms with Gasteiger partial charge in [-0.25, -0.2) is 8.42 Å². The van der Waals surface area contributed by atoms with E-state index in [-0.39, 0.29) is 10.8 Å². The van der Waals surface area contributed by atoms with Crippen molar-refractivity contribution in [2.75, 3.05) is 14.2 Å². The van der Waals surface area contributed by atoms with E-state index >= 15 is 0 Å². The Labute approximate surface area is 134 Å². The summed E-state index contributed by atoms with van der Waals surface area (Å²) < 4.78 is 31.6. The van der Waals surface area contributed by atoms with Gasteiger partial charge in [0.25, 0.3) is 0 Å². The zero-order chi connectivity index (χ0) is 15.5. The second-order valence-electron chi connectivity index (χ2n) is 4.45. The van der Waals surface area contributed by atoms with Crippen molar-refractivity contribution in [2.45, 2.75) is 17.3 Å². The Hall–Kier alpha value is -1.08. The van der Waals surface area contributed by atoms with Crippen LogP contribution in [0.25, 0.3) is 0 Å². The molecule has 0 radical (unpaired) electrons. The predicted octanol–water partition coefficient (Wildman–Crippen LogP) is 3.32. The molecule has 1 aromatic carbocycles. The molecule has 0 aliphatic rings. The van der Waals surface area contributed by atoms with Crippen LogP contribution < -0.4 is 4.74 Å². The molecular weight excluding hydrogens is 330 g/mol. The molecule has 0 amide bonds. The van der Waals surface area contributed by atoms with Crippen molar-refractivity contribution in [3.8, 4) is 5.75 Å². The lowest BCUT2D eigenvalue weighted by molar-refractivity contribution is 0.410. The van der Waals surface area contributed by atoms with Gasteiger partial charge in [0.15, 0.2) is 0 Å². The highest BCUT2D eigenvalue weighted by molar-refractivity contribution is 7.89. The van der Waals surface area contributed by atoms with Crippen LogP contribution in [0.4, 0.5) is 0 Å². The summed E-state index contributed by atoms with van der Waals surface area (Å²) in [6.45, 7) is 0.349. The average molecular weight is 346 g/mol. The minimum Gasteiger partial charge on any atom is -0.496 e. The molecule has 2 rings (SSSR count). The fourth-order valence-electron chi connectivity index (χ4n) is 1.91. The lowest BCUT2D eigenvalue weighted by Crippen LogP contribution is -2.26. The van der Waals surface area contributed by atoms with Crippen LogP contribution in [-0.4, -0.2) is 26.9 Å². The van der Waals surface area contributed by atoms with Crippen LogP contribution in [0.15, 0.2) is 40.6 Å². The molecule has 21 heavy (non-hydrogen) atoms. The number of ether oxygens (including phenoxy) is 1. The maximum atomic E-state index is 12.6. The third-order valence-corrected chi connectivity index (χ3v) is 6.01. The molecule has 0 spiro atoms. The molecule has 0 saturated carbocycles. The zero-order valence-electron chi connectivity index (χ0n) is 11.7. The van der Waals surface area contributed by atoms with Crippen molar-refractivity contribution in [3.63, 3.8) is 0 Å². The standard InChI is InChI=1S/C14H16ClNO3S2/c1-16(10-12-4-3-7-20-12)21(17,18)13-5-6-14(19-2)11(8-13)9-15/h3-8H,9-10H2,1-2H3. The molecule has 1 heterocycles. The molecule has 2 aromatic rings. The summed E-state index contributed by atoms with van der Waals surface area (Å²) in [4.78, 5) is 1.21. The SMILES string of the molecule is COc1ccc(S(=O)(=O)N(C)Cc2cccs2)cc1CCl. The van der Waals surface area contributed by atoms with Crippen molar-refractivity contribution in [2.24, 2.45) is 0 Å². The number of hydrogen-bond donors (Lipinski definition) is 0. The number of methoxy groups -OCH3 is 1. The molecule has 0 N–H and O–H groups in total. The number of sulfonamides is 1. The van der Waals surface area contributed by atoms with Gasteiger partial charge in [0.2, 0.25) is 10.0 Å². The number of rotatable bonds is 6. The summed E-state index contributed by atoms with van der Waals surface area (Å²) in [5.74, 6) is 0.783. The van der Waals surface area contributed by atoms with Gasteiger partial charge < -0.3 is 4.74 Å². The molecule has 4 nitrogen and oxygen atoms in total. The molecule has 114 valence electrons. The number of hydrogen-bond acceptors (Lipinski definition) is 4. The molecule has 1 aromatic heterocycles. The van der Waals surface area contributed by atoms with Gasteiger partial charge in [-0.2, -0.15) is 4.31 Å². The van der Waals surface area contributed by atoms with Gasteiger partial charge in [-0.15, -0.1) is 22.9 Å². The van der Waals surface area contributed by atoms with E-state index in [1.165, 1.54) is 28.8 Å². The molecule has 0 unspecified atom stereocenters. The monoisotopic (exact) mass is 345 g/mol. The summed E-state index contributed by atoms with van der Waals surface area (Å²) in [6.07, 6.45) is 0.